The zero-order chi connectivity index (χ0) is 52.1. The second kappa shape index (κ2) is 26.8. The maximum absolute atomic E-state index is 13.3. The van der Waals surface area contributed by atoms with Gasteiger partial charge in [-0.1, -0.05) is 47.5 Å². The first-order valence-electron chi connectivity index (χ1n) is 25.1. The van der Waals surface area contributed by atoms with Gasteiger partial charge in [-0.05, 0) is 89.8 Å². The third-order valence-corrected chi connectivity index (χ3v) is 15.8. The molecule has 2 aromatic carbocycles. The van der Waals surface area contributed by atoms with Gasteiger partial charge in [-0.15, -0.1) is 43.1 Å². The number of thiophene rings is 2. The fraction of sp³-hybridized carbons (Fsp3) is 0.481. The van der Waals surface area contributed by atoms with E-state index in [0.717, 1.165) is 66.5 Å². The molecular formula is C54H64Cl2N8O8S2. The van der Waals surface area contributed by atoms with E-state index >= 15 is 0 Å². The van der Waals surface area contributed by atoms with E-state index in [1.165, 1.54) is 9.75 Å². The quantitative estimate of drug-likeness (QED) is 0.0407. The SMILES string of the molecule is Cc1sc2c(c1C)C(c1ccc(Cl)cc1)=N[C@@H](CC(=O)CCCOCCOCCOCCOCCOCCOCCCC(=O)C[C@@H]1N=C(c3ccc(Cl)cc3)c3c(sc(C)c3C)-n3c(C)nnc31)c1nnc(C)n1-2. The van der Waals surface area contributed by atoms with Crippen LogP contribution >= 0.6 is 45.9 Å². The van der Waals surface area contributed by atoms with Crippen molar-refractivity contribution in [2.45, 2.75) is 92.2 Å². The molecule has 0 saturated heterocycles. The number of aliphatic imine (C=N–C) groups is 2. The van der Waals surface area contributed by atoms with E-state index in [9.17, 15) is 9.59 Å². The minimum absolute atomic E-state index is 0.0893. The first-order chi connectivity index (χ1) is 35.9. The Bertz CT molecular complexity index is 2730. The average Bonchev–Trinajstić information content (AvgIpc) is 4.09. The lowest BCUT2D eigenvalue weighted by molar-refractivity contribution is -0.120. The zero-order valence-corrected chi connectivity index (χ0v) is 46.1. The molecule has 394 valence electrons. The maximum Gasteiger partial charge on any atom is 0.163 e. The van der Waals surface area contributed by atoms with Crippen molar-refractivity contribution in [2.24, 2.45) is 9.98 Å². The number of fused-ring (bicyclic) bond motifs is 6. The highest BCUT2D eigenvalue weighted by molar-refractivity contribution is 7.15. The maximum atomic E-state index is 13.3. The largest absolute Gasteiger partial charge is 0.379 e. The first-order valence-corrected chi connectivity index (χ1v) is 27.5. The predicted molar refractivity (Wildman–Crippen MR) is 289 cm³/mol. The topological polar surface area (TPSA) is 176 Å². The number of Topliss-reactive ketones (excluding diaryl/α,β-unsaturated/α-hetero) is 2. The predicted octanol–water partition coefficient (Wildman–Crippen LogP) is 10.2. The third-order valence-electron chi connectivity index (χ3n) is 12.9. The van der Waals surface area contributed by atoms with Gasteiger partial charge in [0.2, 0.25) is 0 Å². The zero-order valence-electron chi connectivity index (χ0n) is 42.9. The van der Waals surface area contributed by atoms with Crippen molar-refractivity contribution in [2.75, 3.05) is 79.3 Å². The van der Waals surface area contributed by atoms with Gasteiger partial charge >= 0.3 is 0 Å². The highest BCUT2D eigenvalue weighted by Crippen LogP contribution is 2.41. The number of halogens is 2. The number of hydrogen-bond acceptors (Lipinski definition) is 16. The summed E-state index contributed by atoms with van der Waals surface area (Å²) in [5, 5.41) is 21.1. The van der Waals surface area contributed by atoms with Crippen molar-refractivity contribution in [3.8, 4) is 10.0 Å². The van der Waals surface area contributed by atoms with Gasteiger partial charge in [-0.2, -0.15) is 0 Å². The van der Waals surface area contributed by atoms with Crippen LogP contribution in [0.4, 0.5) is 0 Å². The lowest BCUT2D eigenvalue weighted by atomic mass is 9.99. The summed E-state index contributed by atoms with van der Waals surface area (Å²) in [6, 6.07) is 14.4. The van der Waals surface area contributed by atoms with E-state index in [4.69, 9.17) is 61.6 Å². The standard InChI is InChI=1S/C54H64Cl2N8O8S2/c1-33-35(3)73-53-47(33)49(39-11-15-41(55)16-12-39)57-45(51-61-59-37(5)63(51)53)31-43(65)9-7-19-67-21-23-69-25-27-71-29-30-72-28-26-70-24-22-68-20-8-10-44(66)32-46-52-62-60-38(6)64(52)54-48(34(2)36(4)74-54)50(58-46)40-13-17-42(56)18-14-40/h11-18,45-46H,7-10,19-32H2,1-6H3/t45-,46-/m0/s1. The Morgan fingerprint density at radius 2 is 0.811 bits per heavy atom. The number of carbonyl (C=O) groups is 2. The molecule has 20 heteroatoms. The van der Waals surface area contributed by atoms with Crippen molar-refractivity contribution in [3.63, 3.8) is 0 Å². The minimum atomic E-state index is -0.481. The Morgan fingerprint density at radius 3 is 1.15 bits per heavy atom. The third kappa shape index (κ3) is 13.8. The Kier molecular flexibility index (Phi) is 20.0. The first kappa shape index (κ1) is 55.4. The van der Waals surface area contributed by atoms with Gasteiger partial charge in [0.15, 0.2) is 11.6 Å². The number of ether oxygens (including phenoxy) is 6. The molecule has 6 heterocycles. The molecule has 4 aromatic heterocycles. The molecule has 8 rings (SSSR count). The van der Waals surface area contributed by atoms with Crippen LogP contribution in [-0.4, -0.2) is 132 Å². The van der Waals surface area contributed by atoms with Crippen LogP contribution < -0.4 is 0 Å². The molecule has 0 unspecified atom stereocenters. The number of carbonyl (C=O) groups excluding carboxylic acids is 2. The van der Waals surface area contributed by atoms with Crippen LogP contribution in [0.25, 0.3) is 10.0 Å². The fourth-order valence-corrected chi connectivity index (χ4v) is 11.5. The normalized spacial score (nSPS) is 15.0. The summed E-state index contributed by atoms with van der Waals surface area (Å²) in [7, 11) is 0. The molecule has 0 bridgehead atoms. The molecular weight excluding hydrogens is 1020 g/mol. The summed E-state index contributed by atoms with van der Waals surface area (Å²) in [5.74, 6) is 3.04. The smallest absolute Gasteiger partial charge is 0.163 e. The Labute approximate surface area is 450 Å². The van der Waals surface area contributed by atoms with E-state index in [0.29, 0.717) is 127 Å². The van der Waals surface area contributed by atoms with E-state index in [-0.39, 0.29) is 24.4 Å². The molecule has 0 radical (unpaired) electrons. The van der Waals surface area contributed by atoms with E-state index < -0.39 is 12.1 Å². The second-order valence-corrected chi connectivity index (χ2v) is 21.5. The van der Waals surface area contributed by atoms with E-state index in [1.807, 2.05) is 62.4 Å². The van der Waals surface area contributed by atoms with Crippen molar-refractivity contribution in [3.05, 3.63) is 125 Å². The number of benzene rings is 2. The van der Waals surface area contributed by atoms with Crippen molar-refractivity contribution < 1.29 is 38.0 Å². The van der Waals surface area contributed by atoms with Crippen LogP contribution in [0, 0.1) is 41.5 Å². The van der Waals surface area contributed by atoms with Crippen molar-refractivity contribution >= 4 is 68.9 Å². The van der Waals surface area contributed by atoms with Crippen molar-refractivity contribution in [1.29, 1.82) is 0 Å². The summed E-state index contributed by atoms with van der Waals surface area (Å²) < 4.78 is 38.1. The molecule has 6 aromatic rings. The summed E-state index contributed by atoms with van der Waals surface area (Å²) >= 11 is 15.9. The lowest BCUT2D eigenvalue weighted by Gasteiger charge is -2.12. The molecule has 0 aliphatic carbocycles. The number of aromatic nitrogens is 6. The monoisotopic (exact) mass is 1090 g/mol. The van der Waals surface area contributed by atoms with E-state index in [2.05, 4.69) is 57.2 Å². The molecule has 74 heavy (non-hydrogen) atoms. The minimum Gasteiger partial charge on any atom is -0.379 e. The van der Waals surface area contributed by atoms with E-state index in [1.54, 1.807) is 22.7 Å². The summed E-state index contributed by atoms with van der Waals surface area (Å²) in [4.78, 5) is 39.5. The molecule has 2 aliphatic heterocycles. The number of nitrogens with zero attached hydrogens (tertiary/aromatic N) is 8. The van der Waals surface area contributed by atoms with Crippen LogP contribution in [0.5, 0.6) is 0 Å². The summed E-state index contributed by atoms with van der Waals surface area (Å²) in [6.45, 7) is 17.6. The number of hydrogen-bond donors (Lipinski definition) is 0. The van der Waals surface area contributed by atoms with Gasteiger partial charge < -0.3 is 28.4 Å². The molecule has 0 fully saturated rings. The number of rotatable bonds is 29. The molecule has 2 aliphatic rings. The summed E-state index contributed by atoms with van der Waals surface area (Å²) in [6.07, 6.45) is 2.36. The van der Waals surface area contributed by atoms with Gasteiger partial charge in [-0.3, -0.25) is 28.7 Å². The van der Waals surface area contributed by atoms with Crippen LogP contribution in [0.1, 0.15) is 117 Å². The van der Waals surface area contributed by atoms with Gasteiger partial charge in [0.25, 0.3) is 0 Å². The highest BCUT2D eigenvalue weighted by atomic mass is 35.5. The molecule has 0 amide bonds. The van der Waals surface area contributed by atoms with Crippen LogP contribution in [0.15, 0.2) is 58.5 Å². The highest BCUT2D eigenvalue weighted by Gasteiger charge is 2.34. The van der Waals surface area contributed by atoms with Crippen LogP contribution in [0.2, 0.25) is 10.0 Å². The van der Waals surface area contributed by atoms with Gasteiger partial charge in [0, 0.05) is 81.0 Å². The van der Waals surface area contributed by atoms with Crippen molar-refractivity contribution in [1.82, 2.24) is 29.5 Å². The number of aryl methyl sites for hydroxylation is 4. The fourth-order valence-electron chi connectivity index (χ4n) is 8.84. The Morgan fingerprint density at radius 1 is 0.486 bits per heavy atom. The average molecular weight is 1090 g/mol. The molecule has 0 spiro atoms. The van der Waals surface area contributed by atoms with Gasteiger partial charge in [-0.25, -0.2) is 0 Å². The second-order valence-electron chi connectivity index (χ2n) is 18.2. The lowest BCUT2D eigenvalue weighted by Crippen LogP contribution is -2.14. The van der Waals surface area contributed by atoms with Crippen LogP contribution in [0.3, 0.4) is 0 Å². The molecule has 2 atom stereocenters. The molecule has 0 saturated carbocycles. The molecule has 16 nitrogen and oxygen atoms in total. The Balaban J connectivity index is 0.627. The summed E-state index contributed by atoms with van der Waals surface area (Å²) in [5.41, 5.74) is 7.92. The molecule has 0 N–H and O–H groups in total. The van der Waals surface area contributed by atoms with Crippen LogP contribution in [-0.2, 0) is 38.0 Å². The van der Waals surface area contributed by atoms with Gasteiger partial charge in [0.1, 0.15) is 45.3 Å². The number of ketones is 2. The Hall–Kier alpha value is -4.86. The van der Waals surface area contributed by atoms with Gasteiger partial charge in [0.05, 0.1) is 77.5 Å².